The summed E-state index contributed by atoms with van der Waals surface area (Å²) >= 11 is 5.67. The number of hydrogen-bond acceptors (Lipinski definition) is 2. The number of hydrogen-bond donors (Lipinski definition) is 2. The summed E-state index contributed by atoms with van der Waals surface area (Å²) in [7, 11) is 0. The van der Waals surface area contributed by atoms with Crippen LogP contribution in [0.5, 0.6) is 0 Å². The third-order valence-corrected chi connectivity index (χ3v) is 1.82. The minimum atomic E-state index is -1.06. The van der Waals surface area contributed by atoms with Crippen molar-refractivity contribution >= 4 is 23.3 Å². The number of aryl methyl sites for hydroxylation is 1. The molecular weight excluding hydrogens is 178 g/mol. The lowest BCUT2D eigenvalue weighted by atomic mass is 10.1. The van der Waals surface area contributed by atoms with Gasteiger partial charge >= 0.3 is 5.97 Å². The summed E-state index contributed by atoms with van der Waals surface area (Å²) in [6, 6.07) is 3.12. The highest BCUT2D eigenvalue weighted by Crippen LogP contribution is 2.24. The second-order valence-corrected chi connectivity index (χ2v) is 2.92. The van der Waals surface area contributed by atoms with Crippen LogP contribution in [-0.2, 0) is 0 Å². The van der Waals surface area contributed by atoms with E-state index in [0.717, 1.165) is 5.56 Å². The average Bonchev–Trinajstić information content (AvgIpc) is 1.96. The van der Waals surface area contributed by atoms with E-state index in [0.29, 0.717) is 0 Å². The number of nitrogens with two attached hydrogens (primary N) is 1. The molecule has 0 aromatic heterocycles. The van der Waals surface area contributed by atoms with E-state index in [1.54, 1.807) is 13.0 Å². The van der Waals surface area contributed by atoms with Gasteiger partial charge in [-0.2, -0.15) is 0 Å². The quantitative estimate of drug-likeness (QED) is 0.658. The first-order valence-corrected chi connectivity index (χ1v) is 3.69. The largest absolute Gasteiger partial charge is 0.478 e. The Bertz CT molecular complexity index is 336. The molecule has 1 rings (SSSR count). The van der Waals surface area contributed by atoms with Crippen molar-refractivity contribution in [2.24, 2.45) is 0 Å². The molecule has 0 aliphatic carbocycles. The lowest BCUT2D eigenvalue weighted by Crippen LogP contribution is -2.03. The number of anilines is 1. The molecule has 0 unspecified atom stereocenters. The van der Waals surface area contributed by atoms with E-state index < -0.39 is 5.97 Å². The minimum absolute atomic E-state index is 0.0556. The van der Waals surface area contributed by atoms with E-state index in [1.165, 1.54) is 6.07 Å². The summed E-state index contributed by atoms with van der Waals surface area (Å²) in [6.07, 6.45) is 0. The van der Waals surface area contributed by atoms with Gasteiger partial charge in [-0.3, -0.25) is 0 Å². The van der Waals surface area contributed by atoms with Gasteiger partial charge in [-0.25, -0.2) is 4.79 Å². The van der Waals surface area contributed by atoms with Crippen LogP contribution in [0.2, 0.25) is 5.02 Å². The zero-order valence-electron chi connectivity index (χ0n) is 6.47. The van der Waals surface area contributed by atoms with Gasteiger partial charge in [0.05, 0.1) is 16.3 Å². The van der Waals surface area contributed by atoms with Crippen molar-refractivity contribution in [1.82, 2.24) is 0 Å². The fraction of sp³-hybridized carbons (Fsp3) is 0.125. The van der Waals surface area contributed by atoms with E-state index in [-0.39, 0.29) is 16.3 Å². The van der Waals surface area contributed by atoms with Crippen molar-refractivity contribution in [3.8, 4) is 0 Å². The number of carbonyl (C=O) groups is 1. The first kappa shape index (κ1) is 8.87. The van der Waals surface area contributed by atoms with Gasteiger partial charge in [0.1, 0.15) is 0 Å². The molecule has 0 saturated heterocycles. The smallest absolute Gasteiger partial charge is 0.337 e. The number of halogens is 1. The van der Waals surface area contributed by atoms with Crippen molar-refractivity contribution in [3.05, 3.63) is 28.3 Å². The van der Waals surface area contributed by atoms with E-state index in [2.05, 4.69) is 0 Å². The van der Waals surface area contributed by atoms with Gasteiger partial charge in [0.15, 0.2) is 0 Å². The number of carboxylic acids is 1. The molecule has 0 atom stereocenters. The first-order chi connectivity index (χ1) is 5.52. The third-order valence-electron chi connectivity index (χ3n) is 1.50. The molecule has 0 aliphatic rings. The van der Waals surface area contributed by atoms with Crippen molar-refractivity contribution in [3.63, 3.8) is 0 Å². The SMILES string of the molecule is Cc1cc(Cl)c(N)c(C(=O)O)c1. The van der Waals surface area contributed by atoms with E-state index in [1.807, 2.05) is 0 Å². The molecule has 3 nitrogen and oxygen atoms in total. The molecule has 3 N–H and O–H groups in total. The van der Waals surface area contributed by atoms with Crippen LogP contribution in [0.3, 0.4) is 0 Å². The van der Waals surface area contributed by atoms with E-state index in [4.69, 9.17) is 22.4 Å². The van der Waals surface area contributed by atoms with Crippen molar-refractivity contribution in [1.29, 1.82) is 0 Å². The molecule has 0 spiro atoms. The molecule has 12 heavy (non-hydrogen) atoms. The van der Waals surface area contributed by atoms with Crippen LogP contribution in [0.25, 0.3) is 0 Å². The fourth-order valence-electron chi connectivity index (χ4n) is 0.930. The first-order valence-electron chi connectivity index (χ1n) is 3.31. The Hall–Kier alpha value is -1.22. The zero-order chi connectivity index (χ0) is 9.30. The molecule has 0 fully saturated rings. The van der Waals surface area contributed by atoms with Crippen LogP contribution < -0.4 is 5.73 Å². The Kier molecular flexibility index (Phi) is 2.24. The monoisotopic (exact) mass is 185 g/mol. The van der Waals surface area contributed by atoms with Gasteiger partial charge in [0.2, 0.25) is 0 Å². The molecular formula is C8H8ClNO2. The van der Waals surface area contributed by atoms with Gasteiger partial charge in [0, 0.05) is 0 Å². The second kappa shape index (κ2) is 3.03. The summed E-state index contributed by atoms with van der Waals surface area (Å²) in [5.41, 5.74) is 6.40. The summed E-state index contributed by atoms with van der Waals surface area (Å²) in [6.45, 7) is 1.76. The van der Waals surface area contributed by atoms with Crippen molar-refractivity contribution in [2.75, 3.05) is 5.73 Å². The van der Waals surface area contributed by atoms with Crippen LogP contribution in [0.4, 0.5) is 5.69 Å². The normalized spacial score (nSPS) is 9.83. The number of nitrogen functional groups attached to an aromatic ring is 1. The molecule has 64 valence electrons. The molecule has 0 aliphatic heterocycles. The number of aromatic carboxylic acids is 1. The van der Waals surface area contributed by atoms with Crippen LogP contribution in [-0.4, -0.2) is 11.1 Å². The van der Waals surface area contributed by atoms with E-state index in [9.17, 15) is 4.79 Å². The molecule has 4 heteroatoms. The Morgan fingerprint density at radius 2 is 2.17 bits per heavy atom. The summed E-state index contributed by atoms with van der Waals surface area (Å²) in [4.78, 5) is 10.6. The maximum atomic E-state index is 10.6. The summed E-state index contributed by atoms with van der Waals surface area (Å²) in [5, 5.41) is 8.96. The summed E-state index contributed by atoms with van der Waals surface area (Å²) in [5.74, 6) is -1.06. The van der Waals surface area contributed by atoms with Gasteiger partial charge in [-0.1, -0.05) is 11.6 Å². The number of carboxylic acid groups (broad SMARTS) is 1. The Balaban J connectivity index is 3.37. The second-order valence-electron chi connectivity index (χ2n) is 2.51. The molecule has 0 radical (unpaired) electrons. The van der Waals surface area contributed by atoms with E-state index >= 15 is 0 Å². The van der Waals surface area contributed by atoms with Gasteiger partial charge in [0.25, 0.3) is 0 Å². The molecule has 0 saturated carbocycles. The standard InChI is InChI=1S/C8H8ClNO2/c1-4-2-5(8(11)12)7(10)6(9)3-4/h2-3H,10H2,1H3,(H,11,12). The lowest BCUT2D eigenvalue weighted by Gasteiger charge is -2.03. The highest BCUT2D eigenvalue weighted by atomic mass is 35.5. The molecule has 0 amide bonds. The predicted octanol–water partition coefficient (Wildman–Crippen LogP) is 1.93. The minimum Gasteiger partial charge on any atom is -0.478 e. The maximum absolute atomic E-state index is 10.6. The molecule has 0 bridgehead atoms. The Morgan fingerprint density at radius 3 is 2.67 bits per heavy atom. The van der Waals surface area contributed by atoms with Gasteiger partial charge in [-0.15, -0.1) is 0 Å². The van der Waals surface area contributed by atoms with Crippen LogP contribution in [0.1, 0.15) is 15.9 Å². The highest BCUT2D eigenvalue weighted by Gasteiger charge is 2.10. The topological polar surface area (TPSA) is 63.3 Å². The molecule has 1 aromatic carbocycles. The van der Waals surface area contributed by atoms with Crippen LogP contribution in [0, 0.1) is 6.92 Å². The highest BCUT2D eigenvalue weighted by molar-refractivity contribution is 6.33. The van der Waals surface area contributed by atoms with Crippen LogP contribution in [0.15, 0.2) is 12.1 Å². The summed E-state index contributed by atoms with van der Waals surface area (Å²) < 4.78 is 0. The number of benzene rings is 1. The van der Waals surface area contributed by atoms with Crippen LogP contribution >= 0.6 is 11.6 Å². The van der Waals surface area contributed by atoms with Gasteiger partial charge < -0.3 is 10.8 Å². The average molecular weight is 186 g/mol. The third kappa shape index (κ3) is 1.51. The lowest BCUT2D eigenvalue weighted by molar-refractivity contribution is 0.0698. The Morgan fingerprint density at radius 1 is 1.58 bits per heavy atom. The van der Waals surface area contributed by atoms with Crippen molar-refractivity contribution in [2.45, 2.75) is 6.92 Å². The number of rotatable bonds is 1. The van der Waals surface area contributed by atoms with Crippen molar-refractivity contribution < 1.29 is 9.90 Å². The fourth-order valence-corrected chi connectivity index (χ4v) is 1.20. The molecule has 1 aromatic rings. The maximum Gasteiger partial charge on any atom is 0.337 e. The Labute approximate surface area is 74.8 Å². The zero-order valence-corrected chi connectivity index (χ0v) is 7.22. The van der Waals surface area contributed by atoms with Gasteiger partial charge in [-0.05, 0) is 24.6 Å². The predicted molar refractivity (Wildman–Crippen MR) is 47.6 cm³/mol. The molecule has 0 heterocycles.